The number of sulfone groups is 1. The summed E-state index contributed by atoms with van der Waals surface area (Å²) in [7, 11) is -3.25. The molecule has 82 valence electrons. The Bertz CT molecular complexity index is 463. The van der Waals surface area contributed by atoms with Crippen LogP contribution in [0.2, 0.25) is 0 Å². The molecule has 0 heterocycles. The van der Waals surface area contributed by atoms with Gasteiger partial charge < -0.3 is 5.11 Å². The number of hydrogen-bond acceptors (Lipinski definition) is 3. The molecule has 3 nitrogen and oxygen atoms in total. The molecule has 2 rings (SSSR count). The van der Waals surface area contributed by atoms with Crippen LogP contribution in [0, 0.1) is 0 Å². The normalized spacial score (nSPS) is 26.0. The maximum Gasteiger partial charge on any atom is 0.181 e. The van der Waals surface area contributed by atoms with Crippen molar-refractivity contribution < 1.29 is 13.5 Å². The Morgan fingerprint density at radius 1 is 1.33 bits per heavy atom. The van der Waals surface area contributed by atoms with Crippen molar-refractivity contribution in [3.8, 4) is 0 Å². The van der Waals surface area contributed by atoms with Crippen molar-refractivity contribution in [2.24, 2.45) is 0 Å². The monoisotopic (exact) mass is 290 g/mol. The van der Waals surface area contributed by atoms with E-state index >= 15 is 0 Å². The Labute approximate surface area is 97.2 Å². The number of rotatable bonds is 2. The summed E-state index contributed by atoms with van der Waals surface area (Å²) >= 11 is 3.24. The molecule has 0 radical (unpaired) electrons. The minimum atomic E-state index is -3.25. The Morgan fingerprint density at radius 2 is 2.00 bits per heavy atom. The molecule has 1 saturated carbocycles. The lowest BCUT2D eigenvalue weighted by Gasteiger charge is -2.30. The van der Waals surface area contributed by atoms with Crippen LogP contribution in [-0.4, -0.2) is 24.9 Å². The van der Waals surface area contributed by atoms with E-state index in [1.807, 2.05) is 0 Å². The maximum absolute atomic E-state index is 12.0. The van der Waals surface area contributed by atoms with Gasteiger partial charge in [-0.3, -0.25) is 0 Å². The second-order valence-corrected chi connectivity index (χ2v) is 6.89. The lowest BCUT2D eigenvalue weighted by Crippen LogP contribution is -2.39. The summed E-state index contributed by atoms with van der Waals surface area (Å²) in [4.78, 5) is 0.328. The van der Waals surface area contributed by atoms with Crippen molar-refractivity contribution in [2.45, 2.75) is 29.1 Å². The van der Waals surface area contributed by atoms with Crippen molar-refractivity contribution in [3.63, 3.8) is 0 Å². The molecule has 0 saturated heterocycles. The van der Waals surface area contributed by atoms with Crippen LogP contribution in [0.3, 0.4) is 0 Å². The first-order chi connectivity index (χ1) is 7.00. The predicted molar refractivity (Wildman–Crippen MR) is 60.4 cm³/mol. The topological polar surface area (TPSA) is 54.4 Å². The van der Waals surface area contributed by atoms with Crippen LogP contribution in [0.4, 0.5) is 0 Å². The van der Waals surface area contributed by atoms with E-state index in [2.05, 4.69) is 15.9 Å². The lowest BCUT2D eigenvalue weighted by atomic mass is 9.96. The molecule has 15 heavy (non-hydrogen) atoms. The van der Waals surface area contributed by atoms with Gasteiger partial charge in [-0.05, 0) is 31.0 Å². The summed E-state index contributed by atoms with van der Waals surface area (Å²) in [6.07, 6.45) is 0.265. The fraction of sp³-hybridized carbons (Fsp3) is 0.400. The molecule has 5 heteroatoms. The van der Waals surface area contributed by atoms with Gasteiger partial charge in [0.1, 0.15) is 0 Å². The second-order valence-electron chi connectivity index (χ2n) is 3.75. The Hall–Kier alpha value is -0.390. The molecule has 1 fully saturated rings. The fourth-order valence-electron chi connectivity index (χ4n) is 1.63. The highest BCUT2D eigenvalue weighted by molar-refractivity contribution is 9.10. The van der Waals surface area contributed by atoms with E-state index in [9.17, 15) is 8.42 Å². The summed E-state index contributed by atoms with van der Waals surface area (Å²) in [5, 5.41) is 8.69. The van der Waals surface area contributed by atoms with E-state index in [-0.39, 0.29) is 0 Å². The fourth-order valence-corrected chi connectivity index (χ4v) is 4.07. The van der Waals surface area contributed by atoms with Gasteiger partial charge in [0, 0.05) is 4.47 Å². The van der Waals surface area contributed by atoms with E-state index in [1.54, 1.807) is 24.3 Å². The molecule has 0 atom stereocenters. The molecule has 1 aliphatic carbocycles. The molecule has 0 aromatic heterocycles. The van der Waals surface area contributed by atoms with Crippen molar-refractivity contribution in [2.75, 3.05) is 0 Å². The predicted octanol–water partition coefficient (Wildman–Crippen LogP) is 1.75. The number of benzene rings is 1. The average Bonchev–Trinajstić information content (AvgIpc) is 2.13. The molecule has 1 aliphatic rings. The third-order valence-electron chi connectivity index (χ3n) is 2.63. The Kier molecular flexibility index (Phi) is 2.87. The van der Waals surface area contributed by atoms with E-state index in [4.69, 9.17) is 5.11 Å². The SMILES string of the molecule is O=S(=O)(c1cccc(Br)c1)C1CC(O)C1. The molecule has 0 aliphatic heterocycles. The zero-order valence-corrected chi connectivity index (χ0v) is 10.3. The molecule has 1 aromatic carbocycles. The molecular weight excluding hydrogens is 280 g/mol. The third kappa shape index (κ3) is 2.09. The van der Waals surface area contributed by atoms with Crippen LogP contribution >= 0.6 is 15.9 Å². The van der Waals surface area contributed by atoms with Gasteiger partial charge in [0.2, 0.25) is 0 Å². The highest BCUT2D eigenvalue weighted by Gasteiger charge is 2.38. The van der Waals surface area contributed by atoms with E-state index in [0.29, 0.717) is 17.7 Å². The third-order valence-corrected chi connectivity index (χ3v) is 5.30. The van der Waals surface area contributed by atoms with Crippen molar-refractivity contribution in [3.05, 3.63) is 28.7 Å². The summed E-state index contributed by atoms with van der Waals surface area (Å²) < 4.78 is 24.7. The van der Waals surface area contributed by atoms with E-state index in [1.165, 1.54) is 0 Å². The number of hydrogen-bond donors (Lipinski definition) is 1. The van der Waals surface area contributed by atoms with Crippen LogP contribution in [-0.2, 0) is 9.84 Å². The molecule has 1 N–H and O–H groups in total. The van der Waals surface area contributed by atoms with Gasteiger partial charge in [-0.25, -0.2) is 8.42 Å². The summed E-state index contributed by atoms with van der Waals surface area (Å²) in [6.45, 7) is 0. The maximum atomic E-state index is 12.0. The first-order valence-electron chi connectivity index (χ1n) is 4.67. The molecule has 0 spiro atoms. The van der Waals surface area contributed by atoms with Crippen LogP contribution in [0.5, 0.6) is 0 Å². The highest BCUT2D eigenvalue weighted by atomic mass is 79.9. The van der Waals surface area contributed by atoms with Crippen molar-refractivity contribution in [1.82, 2.24) is 0 Å². The zero-order valence-electron chi connectivity index (χ0n) is 7.93. The molecule has 0 bridgehead atoms. The smallest absolute Gasteiger partial charge is 0.181 e. The number of halogens is 1. The highest BCUT2D eigenvalue weighted by Crippen LogP contribution is 2.32. The molecular formula is C10H11BrO3S. The van der Waals surface area contributed by atoms with Crippen LogP contribution in [0.15, 0.2) is 33.6 Å². The van der Waals surface area contributed by atoms with Gasteiger partial charge in [0.05, 0.1) is 16.2 Å². The Morgan fingerprint density at radius 3 is 2.53 bits per heavy atom. The van der Waals surface area contributed by atoms with Crippen LogP contribution in [0.25, 0.3) is 0 Å². The second kappa shape index (κ2) is 3.88. The van der Waals surface area contributed by atoms with Crippen molar-refractivity contribution in [1.29, 1.82) is 0 Å². The molecule has 1 aromatic rings. The summed E-state index contributed by atoms with van der Waals surface area (Å²) in [5.41, 5.74) is 0. The summed E-state index contributed by atoms with van der Waals surface area (Å²) in [5.74, 6) is 0. The van der Waals surface area contributed by atoms with Crippen LogP contribution < -0.4 is 0 Å². The minimum absolute atomic E-state index is 0.328. The van der Waals surface area contributed by atoms with Gasteiger partial charge in [-0.1, -0.05) is 22.0 Å². The number of aliphatic hydroxyl groups is 1. The summed E-state index contributed by atoms with van der Waals surface area (Å²) in [6, 6.07) is 6.67. The lowest BCUT2D eigenvalue weighted by molar-refractivity contribution is 0.0977. The first kappa shape index (κ1) is 11.1. The van der Waals surface area contributed by atoms with Gasteiger partial charge in [-0.2, -0.15) is 0 Å². The van der Waals surface area contributed by atoms with E-state index in [0.717, 1.165) is 4.47 Å². The standard InChI is InChI=1S/C10H11BrO3S/c11-7-2-1-3-9(4-7)15(13,14)10-5-8(12)6-10/h1-4,8,10,12H,5-6H2. The van der Waals surface area contributed by atoms with Gasteiger partial charge >= 0.3 is 0 Å². The molecule has 0 unspecified atom stereocenters. The minimum Gasteiger partial charge on any atom is -0.393 e. The van der Waals surface area contributed by atoms with Crippen molar-refractivity contribution >= 4 is 25.8 Å². The van der Waals surface area contributed by atoms with Gasteiger partial charge in [0.15, 0.2) is 9.84 Å². The number of aliphatic hydroxyl groups excluding tert-OH is 1. The van der Waals surface area contributed by atoms with Crippen LogP contribution in [0.1, 0.15) is 12.8 Å². The zero-order chi connectivity index (χ0) is 11.1. The largest absolute Gasteiger partial charge is 0.393 e. The van der Waals surface area contributed by atoms with E-state index < -0.39 is 21.2 Å². The quantitative estimate of drug-likeness (QED) is 0.903. The van der Waals surface area contributed by atoms with Gasteiger partial charge in [-0.15, -0.1) is 0 Å². The average molecular weight is 291 g/mol. The van der Waals surface area contributed by atoms with Gasteiger partial charge in [0.25, 0.3) is 0 Å². The molecule has 0 amide bonds. The first-order valence-corrected chi connectivity index (χ1v) is 7.01. The Balaban J connectivity index is 2.30.